The number of carbonyl (C=O) groups excluding carboxylic acids is 2. The van der Waals surface area contributed by atoms with Gasteiger partial charge in [-0.25, -0.2) is 0 Å². The molecule has 0 atom stereocenters. The number of amides is 2. The molecule has 5 heteroatoms. The fourth-order valence-electron chi connectivity index (χ4n) is 3.51. The van der Waals surface area contributed by atoms with Crippen molar-refractivity contribution in [3.05, 3.63) is 54.1 Å². The number of hydrogen-bond donors (Lipinski definition) is 1. The minimum atomic E-state index is -0.204. The third-order valence-corrected chi connectivity index (χ3v) is 4.97. The van der Waals surface area contributed by atoms with E-state index in [0.29, 0.717) is 0 Å². The van der Waals surface area contributed by atoms with E-state index in [1.807, 2.05) is 55.5 Å². The molecular formula is C22H27N3O2. The SMILES string of the molecule is CCc1ccccc1N(CC(=O)Nc1ccc(N2CCCC2)cc1)C(C)=O. The number of benzene rings is 2. The van der Waals surface area contributed by atoms with E-state index >= 15 is 0 Å². The van der Waals surface area contributed by atoms with Crippen molar-refractivity contribution in [3.63, 3.8) is 0 Å². The highest BCUT2D eigenvalue weighted by atomic mass is 16.2. The first-order chi connectivity index (χ1) is 13.1. The highest BCUT2D eigenvalue weighted by Gasteiger charge is 2.18. The average Bonchev–Trinajstić information content (AvgIpc) is 3.21. The lowest BCUT2D eigenvalue weighted by molar-refractivity contribution is -0.120. The fraction of sp³-hybridized carbons (Fsp3) is 0.364. The summed E-state index contributed by atoms with van der Waals surface area (Å²) in [5.41, 5.74) is 3.78. The first-order valence-corrected chi connectivity index (χ1v) is 9.59. The van der Waals surface area contributed by atoms with E-state index < -0.39 is 0 Å². The summed E-state index contributed by atoms with van der Waals surface area (Å²) in [4.78, 5) is 28.5. The molecule has 0 bridgehead atoms. The van der Waals surface area contributed by atoms with Crippen LogP contribution in [-0.4, -0.2) is 31.4 Å². The van der Waals surface area contributed by atoms with Gasteiger partial charge in [0, 0.05) is 37.1 Å². The van der Waals surface area contributed by atoms with Crippen LogP contribution in [0.15, 0.2) is 48.5 Å². The highest BCUT2D eigenvalue weighted by molar-refractivity contribution is 6.02. The molecule has 27 heavy (non-hydrogen) atoms. The molecule has 1 N–H and O–H groups in total. The Bertz CT molecular complexity index is 795. The van der Waals surface area contributed by atoms with Gasteiger partial charge < -0.3 is 15.1 Å². The van der Waals surface area contributed by atoms with Gasteiger partial charge in [-0.2, -0.15) is 0 Å². The van der Waals surface area contributed by atoms with Crippen LogP contribution in [0, 0.1) is 0 Å². The van der Waals surface area contributed by atoms with Gasteiger partial charge in [0.1, 0.15) is 6.54 Å². The van der Waals surface area contributed by atoms with Crippen molar-refractivity contribution >= 4 is 28.9 Å². The van der Waals surface area contributed by atoms with Gasteiger partial charge in [-0.3, -0.25) is 9.59 Å². The molecule has 3 rings (SSSR count). The van der Waals surface area contributed by atoms with Crippen molar-refractivity contribution in [3.8, 4) is 0 Å². The summed E-state index contributed by atoms with van der Waals surface area (Å²) >= 11 is 0. The van der Waals surface area contributed by atoms with Crippen LogP contribution in [0.5, 0.6) is 0 Å². The molecule has 0 aromatic heterocycles. The Balaban J connectivity index is 1.66. The summed E-state index contributed by atoms with van der Waals surface area (Å²) in [7, 11) is 0. The molecule has 1 aliphatic heterocycles. The summed E-state index contributed by atoms with van der Waals surface area (Å²) in [5.74, 6) is -0.347. The number of para-hydroxylation sites is 1. The van der Waals surface area contributed by atoms with Gasteiger partial charge in [0.15, 0.2) is 0 Å². The zero-order chi connectivity index (χ0) is 19.2. The predicted octanol–water partition coefficient (Wildman–Crippen LogP) is 3.84. The summed E-state index contributed by atoms with van der Waals surface area (Å²) in [6, 6.07) is 15.6. The van der Waals surface area contributed by atoms with Crippen LogP contribution in [0.2, 0.25) is 0 Å². The van der Waals surface area contributed by atoms with Gasteiger partial charge in [-0.15, -0.1) is 0 Å². The molecule has 0 spiro atoms. The van der Waals surface area contributed by atoms with Gasteiger partial charge in [-0.05, 0) is 55.2 Å². The van der Waals surface area contributed by atoms with Crippen molar-refractivity contribution < 1.29 is 9.59 Å². The molecule has 2 amide bonds. The summed E-state index contributed by atoms with van der Waals surface area (Å²) in [6.45, 7) is 5.72. The molecular weight excluding hydrogens is 338 g/mol. The van der Waals surface area contributed by atoms with Crippen molar-refractivity contribution in [1.82, 2.24) is 0 Å². The molecule has 1 fully saturated rings. The van der Waals surface area contributed by atoms with Crippen molar-refractivity contribution in [2.45, 2.75) is 33.1 Å². The minimum Gasteiger partial charge on any atom is -0.372 e. The molecule has 0 unspecified atom stereocenters. The van der Waals surface area contributed by atoms with E-state index in [0.717, 1.165) is 36.4 Å². The van der Waals surface area contributed by atoms with Crippen LogP contribution in [0.25, 0.3) is 0 Å². The Hall–Kier alpha value is -2.82. The monoisotopic (exact) mass is 365 g/mol. The Labute approximate surface area is 161 Å². The lowest BCUT2D eigenvalue weighted by atomic mass is 10.1. The maximum atomic E-state index is 12.5. The van der Waals surface area contributed by atoms with E-state index in [1.54, 1.807) is 0 Å². The second-order valence-corrected chi connectivity index (χ2v) is 6.88. The van der Waals surface area contributed by atoms with Gasteiger partial charge in [0.2, 0.25) is 11.8 Å². The molecule has 0 aliphatic carbocycles. The third kappa shape index (κ3) is 4.67. The predicted molar refractivity (Wildman–Crippen MR) is 110 cm³/mol. The number of anilines is 3. The maximum Gasteiger partial charge on any atom is 0.244 e. The van der Waals surface area contributed by atoms with Crippen LogP contribution in [-0.2, 0) is 16.0 Å². The summed E-state index contributed by atoms with van der Waals surface area (Å²) < 4.78 is 0. The summed E-state index contributed by atoms with van der Waals surface area (Å²) in [6.07, 6.45) is 3.27. The summed E-state index contributed by atoms with van der Waals surface area (Å²) in [5, 5.41) is 2.90. The number of nitrogens with one attached hydrogen (secondary N) is 1. The number of rotatable bonds is 6. The Morgan fingerprint density at radius 2 is 1.70 bits per heavy atom. The highest BCUT2D eigenvalue weighted by Crippen LogP contribution is 2.23. The van der Waals surface area contributed by atoms with Gasteiger partial charge in [0.25, 0.3) is 0 Å². The molecule has 2 aromatic carbocycles. The smallest absolute Gasteiger partial charge is 0.244 e. The van der Waals surface area contributed by atoms with E-state index in [4.69, 9.17) is 0 Å². The fourth-order valence-corrected chi connectivity index (χ4v) is 3.51. The molecule has 0 saturated carbocycles. The number of hydrogen-bond acceptors (Lipinski definition) is 3. The van der Waals surface area contributed by atoms with Crippen molar-refractivity contribution in [2.24, 2.45) is 0 Å². The van der Waals surface area contributed by atoms with Crippen LogP contribution < -0.4 is 15.1 Å². The Kier molecular flexibility index (Phi) is 6.12. The zero-order valence-electron chi connectivity index (χ0n) is 16.1. The zero-order valence-corrected chi connectivity index (χ0v) is 16.1. The number of aryl methyl sites for hydroxylation is 1. The quantitative estimate of drug-likeness (QED) is 0.846. The van der Waals surface area contributed by atoms with Crippen LogP contribution >= 0.6 is 0 Å². The number of carbonyl (C=O) groups is 2. The topological polar surface area (TPSA) is 52.7 Å². The molecule has 2 aromatic rings. The maximum absolute atomic E-state index is 12.5. The molecule has 5 nitrogen and oxygen atoms in total. The Morgan fingerprint density at radius 3 is 2.33 bits per heavy atom. The standard InChI is InChI=1S/C22H27N3O2/c1-3-18-8-4-5-9-21(18)25(17(2)26)16-22(27)23-19-10-12-20(13-11-19)24-14-6-7-15-24/h4-5,8-13H,3,6-7,14-16H2,1-2H3,(H,23,27). The van der Waals surface area contributed by atoms with E-state index in [2.05, 4.69) is 10.2 Å². The first-order valence-electron chi connectivity index (χ1n) is 9.59. The van der Waals surface area contributed by atoms with Gasteiger partial charge >= 0.3 is 0 Å². The lowest BCUT2D eigenvalue weighted by Gasteiger charge is -2.23. The average molecular weight is 365 g/mol. The second-order valence-electron chi connectivity index (χ2n) is 6.88. The Morgan fingerprint density at radius 1 is 1.04 bits per heavy atom. The van der Waals surface area contributed by atoms with Crippen LogP contribution in [0.1, 0.15) is 32.3 Å². The second kappa shape index (κ2) is 8.71. The molecule has 0 radical (unpaired) electrons. The normalized spacial score (nSPS) is 13.5. The van der Waals surface area contributed by atoms with Crippen molar-refractivity contribution in [1.29, 1.82) is 0 Å². The van der Waals surface area contributed by atoms with E-state index in [9.17, 15) is 9.59 Å². The van der Waals surface area contributed by atoms with Gasteiger partial charge in [-0.1, -0.05) is 25.1 Å². The first kappa shape index (κ1) is 19.0. The van der Waals surface area contributed by atoms with Crippen LogP contribution in [0.4, 0.5) is 17.1 Å². The third-order valence-electron chi connectivity index (χ3n) is 4.97. The van der Waals surface area contributed by atoms with Gasteiger partial charge in [0.05, 0.1) is 0 Å². The largest absolute Gasteiger partial charge is 0.372 e. The number of nitrogens with zero attached hydrogens (tertiary/aromatic N) is 2. The van der Waals surface area contributed by atoms with E-state index in [1.165, 1.54) is 30.4 Å². The molecule has 1 saturated heterocycles. The van der Waals surface area contributed by atoms with Crippen molar-refractivity contribution in [2.75, 3.05) is 34.8 Å². The minimum absolute atomic E-state index is 0.000221. The van der Waals surface area contributed by atoms with Crippen LogP contribution in [0.3, 0.4) is 0 Å². The lowest BCUT2D eigenvalue weighted by Crippen LogP contribution is -2.37. The molecule has 1 heterocycles. The molecule has 1 aliphatic rings. The molecule has 142 valence electrons. The van der Waals surface area contributed by atoms with E-state index in [-0.39, 0.29) is 18.4 Å².